The van der Waals surface area contributed by atoms with Gasteiger partial charge in [0.25, 0.3) is 0 Å². The molecule has 0 saturated heterocycles. The zero-order chi connectivity index (χ0) is 17.8. The standard InChI is InChI=1S/C25H20O/c26-24-18-16-23(17-19-24)25(20-10-4-1-5-11-20,21-12-6-2-7-13-21)22-14-8-3-9-15-22/h1-19,26H/p-1. The molecular weight excluding hydrogens is 316 g/mol. The SMILES string of the molecule is [O-]c1ccc(C(c2ccccc2)(c2ccccc2)c2ccccc2)cc1. The van der Waals surface area contributed by atoms with E-state index >= 15 is 0 Å². The minimum atomic E-state index is -0.475. The molecule has 0 N–H and O–H groups in total. The van der Waals surface area contributed by atoms with Crippen molar-refractivity contribution in [1.29, 1.82) is 0 Å². The van der Waals surface area contributed by atoms with Gasteiger partial charge in [0.2, 0.25) is 0 Å². The molecule has 0 aromatic heterocycles. The Labute approximate surface area is 154 Å². The molecule has 0 bridgehead atoms. The van der Waals surface area contributed by atoms with Gasteiger partial charge in [-0.25, -0.2) is 0 Å². The second-order valence-electron chi connectivity index (χ2n) is 6.37. The maximum absolute atomic E-state index is 11.8. The lowest BCUT2D eigenvalue weighted by Crippen LogP contribution is -2.30. The molecule has 1 nitrogen and oxygen atoms in total. The van der Waals surface area contributed by atoms with Gasteiger partial charge in [-0.1, -0.05) is 115 Å². The highest BCUT2D eigenvalue weighted by Crippen LogP contribution is 2.45. The minimum Gasteiger partial charge on any atom is -0.872 e. The van der Waals surface area contributed by atoms with Crippen LogP contribution in [-0.4, -0.2) is 0 Å². The van der Waals surface area contributed by atoms with Crippen molar-refractivity contribution in [1.82, 2.24) is 0 Å². The zero-order valence-electron chi connectivity index (χ0n) is 14.4. The third-order valence-corrected chi connectivity index (χ3v) is 4.91. The molecule has 0 aliphatic carbocycles. The van der Waals surface area contributed by atoms with Crippen LogP contribution in [0.5, 0.6) is 5.75 Å². The van der Waals surface area contributed by atoms with E-state index in [1.165, 1.54) is 16.7 Å². The molecular formula is C25H19O-. The molecule has 0 unspecified atom stereocenters. The van der Waals surface area contributed by atoms with Crippen molar-refractivity contribution in [3.63, 3.8) is 0 Å². The fourth-order valence-corrected chi connectivity index (χ4v) is 3.77. The zero-order valence-corrected chi connectivity index (χ0v) is 14.4. The number of hydrogen-bond acceptors (Lipinski definition) is 1. The molecule has 0 aliphatic rings. The Morgan fingerprint density at radius 1 is 0.385 bits per heavy atom. The Morgan fingerprint density at radius 3 is 1.04 bits per heavy atom. The van der Waals surface area contributed by atoms with Gasteiger partial charge in [-0.2, -0.15) is 0 Å². The van der Waals surface area contributed by atoms with Gasteiger partial charge < -0.3 is 5.11 Å². The second kappa shape index (κ2) is 6.89. The molecule has 4 aromatic rings. The molecule has 0 atom stereocenters. The Morgan fingerprint density at radius 2 is 0.692 bits per heavy atom. The van der Waals surface area contributed by atoms with Crippen LogP contribution < -0.4 is 5.11 Å². The molecule has 0 radical (unpaired) electrons. The number of hydrogen-bond donors (Lipinski definition) is 0. The van der Waals surface area contributed by atoms with Crippen LogP contribution in [-0.2, 0) is 5.41 Å². The summed E-state index contributed by atoms with van der Waals surface area (Å²) in [5.74, 6) is 0.0248. The van der Waals surface area contributed by atoms with Gasteiger partial charge in [0, 0.05) is 0 Å². The van der Waals surface area contributed by atoms with Gasteiger partial charge in [0.1, 0.15) is 0 Å². The van der Waals surface area contributed by atoms with Gasteiger partial charge in [-0.15, -0.1) is 5.75 Å². The van der Waals surface area contributed by atoms with Crippen LogP contribution in [0, 0.1) is 0 Å². The fraction of sp³-hybridized carbons (Fsp3) is 0.0400. The Balaban J connectivity index is 2.12. The van der Waals surface area contributed by atoms with Crippen LogP contribution in [0.15, 0.2) is 115 Å². The largest absolute Gasteiger partial charge is 0.872 e. The smallest absolute Gasteiger partial charge is 0.0701 e. The first-order valence-electron chi connectivity index (χ1n) is 8.76. The van der Waals surface area contributed by atoms with E-state index in [4.69, 9.17) is 0 Å². The van der Waals surface area contributed by atoms with Crippen LogP contribution in [0.2, 0.25) is 0 Å². The van der Waals surface area contributed by atoms with E-state index in [0.29, 0.717) is 0 Å². The summed E-state index contributed by atoms with van der Waals surface area (Å²) in [6.45, 7) is 0. The average molecular weight is 335 g/mol. The van der Waals surface area contributed by atoms with Crippen molar-refractivity contribution in [2.75, 3.05) is 0 Å². The van der Waals surface area contributed by atoms with Gasteiger partial charge in [0.05, 0.1) is 5.41 Å². The highest BCUT2D eigenvalue weighted by Gasteiger charge is 2.37. The topological polar surface area (TPSA) is 23.1 Å². The molecule has 4 rings (SSSR count). The summed E-state index contributed by atoms with van der Waals surface area (Å²) in [7, 11) is 0. The fourth-order valence-electron chi connectivity index (χ4n) is 3.77. The van der Waals surface area contributed by atoms with Crippen molar-refractivity contribution in [2.24, 2.45) is 0 Å². The molecule has 0 saturated carbocycles. The van der Waals surface area contributed by atoms with E-state index in [1.54, 1.807) is 12.1 Å². The first-order valence-corrected chi connectivity index (χ1v) is 8.76. The average Bonchev–Trinajstić information content (AvgIpc) is 2.72. The van der Waals surface area contributed by atoms with Gasteiger partial charge in [-0.3, -0.25) is 0 Å². The first-order chi connectivity index (χ1) is 12.8. The maximum atomic E-state index is 11.8. The van der Waals surface area contributed by atoms with Crippen LogP contribution in [0.4, 0.5) is 0 Å². The molecule has 4 aromatic carbocycles. The summed E-state index contributed by atoms with van der Waals surface area (Å²) in [5.41, 5.74) is 4.14. The van der Waals surface area contributed by atoms with Crippen molar-refractivity contribution in [2.45, 2.75) is 5.41 Å². The molecule has 0 heterocycles. The number of benzene rings is 4. The van der Waals surface area contributed by atoms with Crippen LogP contribution in [0.3, 0.4) is 0 Å². The van der Waals surface area contributed by atoms with E-state index in [9.17, 15) is 5.11 Å². The number of rotatable bonds is 4. The molecule has 0 amide bonds. The first kappa shape index (κ1) is 16.2. The maximum Gasteiger partial charge on any atom is 0.0701 e. The van der Waals surface area contributed by atoms with Crippen molar-refractivity contribution < 1.29 is 5.11 Å². The lowest BCUT2D eigenvalue weighted by molar-refractivity contribution is -0.268. The summed E-state index contributed by atoms with van der Waals surface area (Å²) < 4.78 is 0. The third-order valence-electron chi connectivity index (χ3n) is 4.91. The molecule has 0 aliphatic heterocycles. The van der Waals surface area contributed by atoms with Gasteiger partial charge >= 0.3 is 0 Å². The van der Waals surface area contributed by atoms with Gasteiger partial charge in [-0.05, 0) is 22.3 Å². The van der Waals surface area contributed by atoms with Crippen molar-refractivity contribution in [3.8, 4) is 5.75 Å². The lowest BCUT2D eigenvalue weighted by atomic mass is 9.65. The normalized spacial score (nSPS) is 11.2. The summed E-state index contributed by atoms with van der Waals surface area (Å²) in [6, 6.07) is 38.7. The summed E-state index contributed by atoms with van der Waals surface area (Å²) in [5, 5.41) is 11.8. The van der Waals surface area contributed by atoms with Gasteiger partial charge in [0.15, 0.2) is 0 Å². The molecule has 1 heteroatoms. The Hall–Kier alpha value is -3.32. The molecule has 0 spiro atoms. The van der Waals surface area contributed by atoms with E-state index in [-0.39, 0.29) is 5.75 Å². The van der Waals surface area contributed by atoms with E-state index < -0.39 is 5.41 Å². The summed E-state index contributed by atoms with van der Waals surface area (Å²) in [6.07, 6.45) is 0. The summed E-state index contributed by atoms with van der Waals surface area (Å²) in [4.78, 5) is 0. The Kier molecular flexibility index (Phi) is 4.28. The van der Waals surface area contributed by atoms with E-state index in [0.717, 1.165) is 5.56 Å². The monoisotopic (exact) mass is 335 g/mol. The van der Waals surface area contributed by atoms with E-state index in [2.05, 4.69) is 72.8 Å². The van der Waals surface area contributed by atoms with Crippen LogP contribution in [0.25, 0.3) is 0 Å². The van der Waals surface area contributed by atoms with Crippen molar-refractivity contribution in [3.05, 3.63) is 138 Å². The van der Waals surface area contributed by atoms with Crippen molar-refractivity contribution >= 4 is 0 Å². The minimum absolute atomic E-state index is 0.0248. The Bertz CT molecular complexity index is 862. The predicted octanol–water partition coefficient (Wildman–Crippen LogP) is 5.14. The molecule has 26 heavy (non-hydrogen) atoms. The third kappa shape index (κ3) is 2.68. The molecule has 126 valence electrons. The highest BCUT2D eigenvalue weighted by molar-refractivity contribution is 5.59. The molecule has 0 fully saturated rings. The predicted molar refractivity (Wildman–Crippen MR) is 104 cm³/mol. The lowest BCUT2D eigenvalue weighted by Gasteiger charge is -2.37. The quantitative estimate of drug-likeness (QED) is 0.473. The van der Waals surface area contributed by atoms with Crippen LogP contribution in [0.1, 0.15) is 22.3 Å². The van der Waals surface area contributed by atoms with Crippen LogP contribution >= 0.6 is 0 Å². The highest BCUT2D eigenvalue weighted by atomic mass is 16.3. The second-order valence-corrected chi connectivity index (χ2v) is 6.37. The summed E-state index contributed by atoms with van der Waals surface area (Å²) >= 11 is 0. The van der Waals surface area contributed by atoms with E-state index in [1.807, 2.05) is 30.3 Å².